The number of rotatable bonds is 10. The van der Waals surface area contributed by atoms with Gasteiger partial charge in [0, 0.05) is 6.42 Å². The summed E-state index contributed by atoms with van der Waals surface area (Å²) >= 11 is 0. The summed E-state index contributed by atoms with van der Waals surface area (Å²) in [5.41, 5.74) is 1.03. The molecule has 0 saturated carbocycles. The van der Waals surface area contributed by atoms with E-state index in [9.17, 15) is 14.4 Å². The van der Waals surface area contributed by atoms with Gasteiger partial charge in [0.25, 0.3) is 0 Å². The summed E-state index contributed by atoms with van der Waals surface area (Å²) in [6, 6.07) is 17.0. The van der Waals surface area contributed by atoms with Crippen molar-refractivity contribution in [2.24, 2.45) is 5.92 Å². The van der Waals surface area contributed by atoms with Gasteiger partial charge in [-0.3, -0.25) is 4.79 Å². The fourth-order valence-corrected chi connectivity index (χ4v) is 3.27. The highest BCUT2D eigenvalue weighted by molar-refractivity contribution is 5.90. The zero-order chi connectivity index (χ0) is 25.1. The molecule has 7 nitrogen and oxygen atoms in total. The molecule has 3 atom stereocenters. The van der Waals surface area contributed by atoms with Gasteiger partial charge in [-0.05, 0) is 37.8 Å². The van der Waals surface area contributed by atoms with Crippen LogP contribution in [0.1, 0.15) is 52.2 Å². The van der Waals surface area contributed by atoms with Crippen molar-refractivity contribution in [1.29, 1.82) is 0 Å². The van der Waals surface area contributed by atoms with E-state index in [2.05, 4.69) is 10.6 Å². The van der Waals surface area contributed by atoms with Crippen LogP contribution >= 0.6 is 0 Å². The van der Waals surface area contributed by atoms with E-state index in [0.29, 0.717) is 6.42 Å². The third-order valence-corrected chi connectivity index (χ3v) is 5.28. The van der Waals surface area contributed by atoms with E-state index in [1.54, 1.807) is 20.8 Å². The predicted molar refractivity (Wildman–Crippen MR) is 131 cm³/mol. The van der Waals surface area contributed by atoms with Crippen molar-refractivity contribution in [3.63, 3.8) is 0 Å². The molecule has 0 aromatic heterocycles. The normalized spacial score (nSPS) is 13.8. The number of carbonyl (C=O) groups is 3. The fraction of sp³-hybridized carbons (Fsp3) is 0.444. The maximum atomic E-state index is 13.2. The van der Waals surface area contributed by atoms with Crippen LogP contribution in [-0.2, 0) is 32.1 Å². The van der Waals surface area contributed by atoms with E-state index < -0.39 is 35.7 Å². The largest absolute Gasteiger partial charge is 0.459 e. The van der Waals surface area contributed by atoms with Crippen molar-refractivity contribution >= 4 is 18.0 Å². The SMILES string of the molecule is CC[C@H](C)[C@H](NC(=O)OC(C)(C)C)C(=O)N[C@@H](Cc1ccccc1)C(=O)OCc1ccccc1. The lowest BCUT2D eigenvalue weighted by molar-refractivity contribution is -0.149. The highest BCUT2D eigenvalue weighted by atomic mass is 16.6. The predicted octanol–water partition coefficient (Wildman–Crippen LogP) is 4.40. The number of alkyl carbamates (subject to hydrolysis) is 1. The number of hydrogen-bond acceptors (Lipinski definition) is 5. The summed E-state index contributed by atoms with van der Waals surface area (Å²) in [6.45, 7) is 9.15. The maximum Gasteiger partial charge on any atom is 0.408 e. The number of ether oxygens (including phenoxy) is 2. The summed E-state index contributed by atoms with van der Waals surface area (Å²) in [4.78, 5) is 38.6. The van der Waals surface area contributed by atoms with Crippen molar-refractivity contribution in [3.05, 3.63) is 71.8 Å². The number of nitrogens with one attached hydrogen (secondary N) is 2. The third-order valence-electron chi connectivity index (χ3n) is 5.28. The van der Waals surface area contributed by atoms with Crippen LogP contribution < -0.4 is 10.6 Å². The number of benzene rings is 2. The first-order valence-corrected chi connectivity index (χ1v) is 11.6. The van der Waals surface area contributed by atoms with Gasteiger partial charge in [-0.2, -0.15) is 0 Å². The van der Waals surface area contributed by atoms with Crippen LogP contribution in [0.15, 0.2) is 60.7 Å². The van der Waals surface area contributed by atoms with Crippen LogP contribution in [0.4, 0.5) is 4.79 Å². The molecule has 0 unspecified atom stereocenters. The highest BCUT2D eigenvalue weighted by Crippen LogP contribution is 2.13. The molecule has 0 bridgehead atoms. The maximum absolute atomic E-state index is 13.2. The zero-order valence-corrected chi connectivity index (χ0v) is 20.7. The molecule has 2 amide bonds. The Kier molecular flexibility index (Phi) is 10.1. The van der Waals surface area contributed by atoms with Crippen LogP contribution in [0.25, 0.3) is 0 Å². The molecule has 0 aliphatic heterocycles. The number of hydrogen-bond donors (Lipinski definition) is 2. The van der Waals surface area contributed by atoms with E-state index in [4.69, 9.17) is 9.47 Å². The molecule has 0 fully saturated rings. The molecule has 184 valence electrons. The Labute approximate surface area is 202 Å². The molecule has 0 radical (unpaired) electrons. The summed E-state index contributed by atoms with van der Waals surface area (Å²) in [7, 11) is 0. The standard InChI is InChI=1S/C27H36N2O5/c1-6-19(2)23(29-26(32)34-27(3,4)5)24(30)28-22(17-20-13-9-7-10-14-20)25(31)33-18-21-15-11-8-12-16-21/h7-16,19,22-23H,6,17-18H2,1-5H3,(H,28,30)(H,29,32)/t19-,22-,23-/m0/s1. The quantitative estimate of drug-likeness (QED) is 0.504. The number of carbonyl (C=O) groups excluding carboxylic acids is 3. The number of amides is 2. The Bertz CT molecular complexity index is 925. The monoisotopic (exact) mass is 468 g/mol. The lowest BCUT2D eigenvalue weighted by Crippen LogP contribution is -2.55. The second kappa shape index (κ2) is 12.8. The first-order chi connectivity index (χ1) is 16.1. The molecule has 0 aliphatic rings. The van der Waals surface area contributed by atoms with Gasteiger partial charge in [0.15, 0.2) is 0 Å². The molecule has 2 aromatic carbocycles. The molecule has 0 spiro atoms. The zero-order valence-electron chi connectivity index (χ0n) is 20.7. The van der Waals surface area contributed by atoms with E-state index in [0.717, 1.165) is 11.1 Å². The lowest BCUT2D eigenvalue weighted by atomic mass is 9.97. The van der Waals surface area contributed by atoms with Gasteiger partial charge in [0.2, 0.25) is 5.91 Å². The van der Waals surface area contributed by atoms with Gasteiger partial charge in [0.05, 0.1) is 0 Å². The third kappa shape index (κ3) is 9.25. The minimum Gasteiger partial charge on any atom is -0.459 e. The van der Waals surface area contributed by atoms with Crippen LogP contribution in [0, 0.1) is 5.92 Å². The number of esters is 1. The molecule has 0 aliphatic carbocycles. The Morgan fingerprint density at radius 1 is 0.882 bits per heavy atom. The van der Waals surface area contributed by atoms with Gasteiger partial charge in [-0.25, -0.2) is 9.59 Å². The van der Waals surface area contributed by atoms with Crippen molar-refractivity contribution in [2.45, 2.75) is 71.8 Å². The molecule has 7 heteroatoms. The van der Waals surface area contributed by atoms with Crippen LogP contribution in [0.5, 0.6) is 0 Å². The Morgan fingerprint density at radius 2 is 1.44 bits per heavy atom. The molecular weight excluding hydrogens is 432 g/mol. The van der Waals surface area contributed by atoms with Crippen molar-refractivity contribution in [2.75, 3.05) is 0 Å². The van der Waals surface area contributed by atoms with Crippen LogP contribution in [0.3, 0.4) is 0 Å². The summed E-state index contributed by atoms with van der Waals surface area (Å²) in [6.07, 6.45) is 0.231. The summed E-state index contributed by atoms with van der Waals surface area (Å²) < 4.78 is 10.8. The molecule has 2 aromatic rings. The second-order valence-corrected chi connectivity index (χ2v) is 9.35. The molecular formula is C27H36N2O5. The fourth-order valence-electron chi connectivity index (χ4n) is 3.27. The van der Waals surface area contributed by atoms with E-state index in [1.165, 1.54) is 0 Å². The average Bonchev–Trinajstić information content (AvgIpc) is 2.80. The Morgan fingerprint density at radius 3 is 1.97 bits per heavy atom. The average molecular weight is 469 g/mol. The molecule has 2 rings (SSSR count). The minimum absolute atomic E-state index is 0.103. The first kappa shape index (κ1) is 26.9. The van der Waals surface area contributed by atoms with Crippen molar-refractivity contribution in [3.8, 4) is 0 Å². The Balaban J connectivity index is 2.16. The van der Waals surface area contributed by atoms with E-state index >= 15 is 0 Å². The molecule has 2 N–H and O–H groups in total. The van der Waals surface area contributed by atoms with Gasteiger partial charge >= 0.3 is 12.1 Å². The van der Waals surface area contributed by atoms with Crippen LogP contribution in [-0.4, -0.2) is 35.7 Å². The van der Waals surface area contributed by atoms with Crippen LogP contribution in [0.2, 0.25) is 0 Å². The first-order valence-electron chi connectivity index (χ1n) is 11.6. The second-order valence-electron chi connectivity index (χ2n) is 9.35. The molecule has 0 heterocycles. The lowest BCUT2D eigenvalue weighted by Gasteiger charge is -2.27. The van der Waals surface area contributed by atoms with Gasteiger partial charge in [-0.1, -0.05) is 80.9 Å². The molecule has 34 heavy (non-hydrogen) atoms. The Hall–Kier alpha value is -3.35. The topological polar surface area (TPSA) is 93.7 Å². The highest BCUT2D eigenvalue weighted by Gasteiger charge is 2.32. The smallest absolute Gasteiger partial charge is 0.408 e. The van der Waals surface area contributed by atoms with Gasteiger partial charge in [-0.15, -0.1) is 0 Å². The van der Waals surface area contributed by atoms with Gasteiger partial charge < -0.3 is 20.1 Å². The van der Waals surface area contributed by atoms with Gasteiger partial charge in [0.1, 0.15) is 24.3 Å². The minimum atomic E-state index is -0.911. The summed E-state index contributed by atoms with van der Waals surface area (Å²) in [5, 5.41) is 5.47. The molecule has 0 saturated heterocycles. The van der Waals surface area contributed by atoms with E-state index in [1.807, 2.05) is 74.5 Å². The van der Waals surface area contributed by atoms with E-state index in [-0.39, 0.29) is 18.9 Å². The van der Waals surface area contributed by atoms with Crippen molar-refractivity contribution < 1.29 is 23.9 Å². The van der Waals surface area contributed by atoms with Crippen molar-refractivity contribution in [1.82, 2.24) is 10.6 Å². The summed E-state index contributed by atoms with van der Waals surface area (Å²) in [5.74, 6) is -1.18.